The molecule has 0 radical (unpaired) electrons. The third-order valence-corrected chi connectivity index (χ3v) is 8.88. The Kier molecular flexibility index (Phi) is 3.28. The molecule has 5 aliphatic rings. The molecule has 5 nitrogen and oxygen atoms in total. The molecule has 5 heteroatoms. The van der Waals surface area contributed by atoms with Gasteiger partial charge in [-0.25, -0.2) is 0 Å². The number of fused-ring (bicyclic) bond motifs is 6. The fraction of sp³-hybridized carbons (Fsp3) is 0.682. The first-order valence-electron chi connectivity index (χ1n) is 10.1. The zero-order chi connectivity index (χ0) is 19.4. The zero-order valence-electron chi connectivity index (χ0n) is 15.9. The van der Waals surface area contributed by atoms with Crippen LogP contribution in [0.4, 0.5) is 0 Å². The van der Waals surface area contributed by atoms with E-state index in [1.165, 1.54) is 0 Å². The third kappa shape index (κ3) is 1.85. The Morgan fingerprint density at radius 3 is 2.70 bits per heavy atom. The predicted molar refractivity (Wildman–Crippen MR) is 96.6 cm³/mol. The van der Waals surface area contributed by atoms with Crippen molar-refractivity contribution >= 4 is 17.3 Å². The van der Waals surface area contributed by atoms with E-state index in [1.807, 2.05) is 6.92 Å². The Hall–Kier alpha value is -1.59. The number of allylic oxidation sites excluding steroid dienone is 4. The highest BCUT2D eigenvalue weighted by Crippen LogP contribution is 2.69. The SMILES string of the molecule is C[C@@]12C(=CC(=O)C3=C1C3)CC[C@@H]1[C@@H]2C(=O)C[C@@]2(C)[C@H]1CC[C@]2(O)C(=O)CO. The second-order valence-corrected chi connectivity index (χ2v) is 9.70. The van der Waals surface area contributed by atoms with Crippen LogP contribution >= 0.6 is 0 Å². The first-order chi connectivity index (χ1) is 12.7. The quantitative estimate of drug-likeness (QED) is 0.775. The van der Waals surface area contributed by atoms with Crippen molar-refractivity contribution < 1.29 is 24.6 Å². The summed E-state index contributed by atoms with van der Waals surface area (Å²) in [7, 11) is 0. The fourth-order valence-corrected chi connectivity index (χ4v) is 7.38. The number of rotatable bonds is 2. The molecule has 0 spiro atoms. The average Bonchev–Trinajstić information content (AvgIpc) is 3.39. The molecule has 0 heterocycles. The summed E-state index contributed by atoms with van der Waals surface area (Å²) in [5.74, 6) is -0.306. The van der Waals surface area contributed by atoms with Gasteiger partial charge < -0.3 is 10.2 Å². The minimum Gasteiger partial charge on any atom is -0.388 e. The van der Waals surface area contributed by atoms with Gasteiger partial charge >= 0.3 is 0 Å². The Morgan fingerprint density at radius 2 is 2.00 bits per heavy atom. The Labute approximate surface area is 158 Å². The maximum atomic E-state index is 13.5. The summed E-state index contributed by atoms with van der Waals surface area (Å²) >= 11 is 0. The van der Waals surface area contributed by atoms with Crippen molar-refractivity contribution in [2.75, 3.05) is 6.61 Å². The van der Waals surface area contributed by atoms with Gasteiger partial charge in [0, 0.05) is 28.7 Å². The van der Waals surface area contributed by atoms with Crippen molar-refractivity contribution in [1.82, 2.24) is 0 Å². The summed E-state index contributed by atoms with van der Waals surface area (Å²) in [6.45, 7) is 3.31. The van der Waals surface area contributed by atoms with Crippen LogP contribution in [0.3, 0.4) is 0 Å². The summed E-state index contributed by atoms with van der Waals surface area (Å²) in [4.78, 5) is 38.0. The fourth-order valence-electron chi connectivity index (χ4n) is 7.38. The van der Waals surface area contributed by atoms with Crippen LogP contribution in [0.15, 0.2) is 22.8 Å². The maximum Gasteiger partial charge on any atom is 0.190 e. The van der Waals surface area contributed by atoms with E-state index in [-0.39, 0.29) is 41.2 Å². The number of hydrogen-bond acceptors (Lipinski definition) is 5. The molecular weight excluding hydrogens is 344 g/mol. The summed E-state index contributed by atoms with van der Waals surface area (Å²) in [6.07, 6.45) is 5.29. The Morgan fingerprint density at radius 1 is 1.26 bits per heavy atom. The van der Waals surface area contributed by atoms with Gasteiger partial charge in [-0.15, -0.1) is 0 Å². The van der Waals surface area contributed by atoms with E-state index in [0.29, 0.717) is 12.8 Å². The molecule has 0 aliphatic heterocycles. The minimum atomic E-state index is -1.61. The normalized spacial score (nSPS) is 47.7. The van der Waals surface area contributed by atoms with E-state index in [0.717, 1.165) is 36.0 Å². The van der Waals surface area contributed by atoms with Crippen LogP contribution in [0.25, 0.3) is 0 Å². The summed E-state index contributed by atoms with van der Waals surface area (Å²) in [5, 5.41) is 20.6. The van der Waals surface area contributed by atoms with E-state index in [1.54, 1.807) is 6.08 Å². The molecule has 3 saturated carbocycles. The minimum absolute atomic E-state index is 0.0829. The molecule has 6 atom stereocenters. The van der Waals surface area contributed by atoms with Gasteiger partial charge in [-0.05, 0) is 55.6 Å². The molecule has 0 unspecified atom stereocenters. The van der Waals surface area contributed by atoms with Gasteiger partial charge in [0.1, 0.15) is 18.0 Å². The van der Waals surface area contributed by atoms with Crippen molar-refractivity contribution in [3.8, 4) is 0 Å². The number of ketones is 3. The monoisotopic (exact) mass is 370 g/mol. The van der Waals surface area contributed by atoms with Gasteiger partial charge in [0.05, 0.1) is 0 Å². The van der Waals surface area contributed by atoms with E-state index in [4.69, 9.17) is 0 Å². The molecule has 5 rings (SSSR count). The summed E-state index contributed by atoms with van der Waals surface area (Å²) in [5.41, 5.74) is 0.357. The Bertz CT molecular complexity index is 866. The summed E-state index contributed by atoms with van der Waals surface area (Å²) < 4.78 is 0. The molecule has 0 amide bonds. The van der Waals surface area contributed by atoms with Crippen LogP contribution in [0.2, 0.25) is 0 Å². The first kappa shape index (κ1) is 17.5. The number of carbonyl (C=O) groups is 3. The standard InChI is InChI=1S/C22H26O5/c1-20-9-17(25)19-12(14(20)5-6-22(20,27)18(26)10-23)4-3-11-7-16(24)13-8-15(13)21(11,19)2/h7,12,14,19,23,27H,3-6,8-10H2,1-2H3/t12-,14-,19+,20-,21+,22-/m0/s1. The van der Waals surface area contributed by atoms with Gasteiger partial charge in [0.25, 0.3) is 0 Å². The van der Waals surface area contributed by atoms with Crippen LogP contribution in [0.1, 0.15) is 52.4 Å². The van der Waals surface area contributed by atoms with Crippen molar-refractivity contribution in [2.45, 2.75) is 58.0 Å². The van der Waals surface area contributed by atoms with Crippen molar-refractivity contribution in [2.24, 2.45) is 28.6 Å². The van der Waals surface area contributed by atoms with Gasteiger partial charge in [-0.2, -0.15) is 0 Å². The van der Waals surface area contributed by atoms with Crippen molar-refractivity contribution in [3.63, 3.8) is 0 Å². The van der Waals surface area contributed by atoms with E-state index in [2.05, 4.69) is 6.92 Å². The number of hydrogen-bond donors (Lipinski definition) is 2. The van der Waals surface area contributed by atoms with E-state index in [9.17, 15) is 24.6 Å². The number of aliphatic hydroxyl groups excluding tert-OH is 1. The highest BCUT2D eigenvalue weighted by molar-refractivity contribution is 6.11. The predicted octanol–water partition coefficient (Wildman–Crippen LogP) is 1.91. The van der Waals surface area contributed by atoms with Crippen LogP contribution < -0.4 is 0 Å². The number of Topliss-reactive ketones (excluding diaryl/α,β-unsaturated/α-hetero) is 2. The van der Waals surface area contributed by atoms with Crippen molar-refractivity contribution in [3.05, 3.63) is 22.8 Å². The lowest BCUT2D eigenvalue weighted by Gasteiger charge is -2.57. The average molecular weight is 370 g/mol. The topological polar surface area (TPSA) is 91.7 Å². The van der Waals surface area contributed by atoms with Crippen LogP contribution in [0.5, 0.6) is 0 Å². The molecular formula is C22H26O5. The second-order valence-electron chi connectivity index (χ2n) is 9.70. The smallest absolute Gasteiger partial charge is 0.190 e. The molecule has 0 aromatic heterocycles. The molecule has 0 saturated heterocycles. The van der Waals surface area contributed by atoms with Crippen LogP contribution in [-0.2, 0) is 14.4 Å². The molecule has 0 aromatic carbocycles. The van der Waals surface area contributed by atoms with E-state index >= 15 is 0 Å². The highest BCUT2D eigenvalue weighted by atomic mass is 16.3. The van der Waals surface area contributed by atoms with E-state index < -0.39 is 23.4 Å². The lowest BCUT2D eigenvalue weighted by molar-refractivity contribution is -0.169. The number of aliphatic hydroxyl groups is 2. The lowest BCUT2D eigenvalue weighted by Crippen LogP contribution is -2.60. The van der Waals surface area contributed by atoms with Crippen LogP contribution in [0, 0.1) is 28.6 Å². The van der Waals surface area contributed by atoms with Gasteiger partial charge in [0.15, 0.2) is 11.6 Å². The lowest BCUT2D eigenvalue weighted by atomic mass is 9.46. The molecule has 144 valence electrons. The highest BCUT2D eigenvalue weighted by Gasteiger charge is 2.69. The molecule has 0 bridgehead atoms. The molecule has 3 fully saturated rings. The van der Waals surface area contributed by atoms with Gasteiger partial charge in [-0.3, -0.25) is 14.4 Å². The molecule has 0 aromatic rings. The maximum absolute atomic E-state index is 13.5. The molecule has 5 aliphatic carbocycles. The Balaban J connectivity index is 1.58. The largest absolute Gasteiger partial charge is 0.388 e. The van der Waals surface area contributed by atoms with Gasteiger partial charge in [0.2, 0.25) is 0 Å². The number of carbonyl (C=O) groups excluding carboxylic acids is 3. The second kappa shape index (κ2) is 5.06. The third-order valence-electron chi connectivity index (χ3n) is 8.88. The van der Waals surface area contributed by atoms with Crippen molar-refractivity contribution in [1.29, 1.82) is 0 Å². The summed E-state index contributed by atoms with van der Waals surface area (Å²) in [6, 6.07) is 0. The molecule has 2 N–H and O–H groups in total. The van der Waals surface area contributed by atoms with Gasteiger partial charge in [-0.1, -0.05) is 19.4 Å². The zero-order valence-corrected chi connectivity index (χ0v) is 15.9. The molecule has 27 heavy (non-hydrogen) atoms. The van der Waals surface area contributed by atoms with Crippen LogP contribution in [-0.4, -0.2) is 39.8 Å². The first-order valence-corrected chi connectivity index (χ1v) is 10.1.